The molecule has 6 aromatic rings. The highest BCUT2D eigenvalue weighted by Gasteiger charge is 2.35. The Morgan fingerprint density at radius 3 is 1.62 bits per heavy atom. The first-order valence-corrected chi connectivity index (χ1v) is 14.1. The highest BCUT2D eigenvalue weighted by Crippen LogP contribution is 2.46. The highest BCUT2D eigenvalue weighted by atomic mass is 35.6. The third-order valence-electron chi connectivity index (χ3n) is 7.17. The molecule has 0 bridgehead atoms. The first-order valence-electron chi connectivity index (χ1n) is 12.9. The van der Waals surface area contributed by atoms with Crippen molar-refractivity contribution in [3.8, 4) is 17.2 Å². The molecule has 0 saturated carbocycles. The van der Waals surface area contributed by atoms with Crippen LogP contribution in [0, 0.1) is 0 Å². The molecule has 1 atom stereocenters. The lowest BCUT2D eigenvalue weighted by molar-refractivity contribution is 0.306. The molecule has 6 rings (SSSR count). The zero-order valence-corrected chi connectivity index (χ0v) is 24.0. The molecule has 0 saturated heterocycles. The van der Waals surface area contributed by atoms with E-state index in [2.05, 4.69) is 77.4 Å². The number of benzene rings is 5. The minimum atomic E-state index is -1.52. The van der Waals surface area contributed by atoms with Crippen LogP contribution < -0.4 is 9.47 Å². The topological polar surface area (TPSA) is 23.4 Å². The van der Waals surface area contributed by atoms with Gasteiger partial charge in [-0.3, -0.25) is 0 Å². The number of alkyl halides is 3. The van der Waals surface area contributed by atoms with Gasteiger partial charge in [-0.1, -0.05) is 108 Å². The second-order valence-electron chi connectivity index (χ2n) is 9.64. The van der Waals surface area contributed by atoms with Crippen LogP contribution in [-0.2, 0) is 6.61 Å². The molecule has 5 aromatic carbocycles. The Kier molecular flexibility index (Phi) is 7.37. The second kappa shape index (κ2) is 11.1. The van der Waals surface area contributed by atoms with E-state index in [0.29, 0.717) is 6.61 Å². The fourth-order valence-electron chi connectivity index (χ4n) is 5.23. The molecule has 0 aliphatic rings. The van der Waals surface area contributed by atoms with Crippen LogP contribution in [0.4, 0.5) is 0 Å². The van der Waals surface area contributed by atoms with E-state index in [9.17, 15) is 0 Å². The van der Waals surface area contributed by atoms with Crippen molar-refractivity contribution in [1.82, 2.24) is 4.57 Å². The van der Waals surface area contributed by atoms with E-state index in [1.807, 2.05) is 48.5 Å². The van der Waals surface area contributed by atoms with Crippen molar-refractivity contribution in [3.63, 3.8) is 0 Å². The molecule has 3 nitrogen and oxygen atoms in total. The largest absolute Gasteiger partial charge is 0.497 e. The summed E-state index contributed by atoms with van der Waals surface area (Å²) in [6, 6.07) is 40.8. The molecule has 0 fully saturated rings. The Hall–Kier alpha value is -3.63. The maximum atomic E-state index is 6.40. The summed E-state index contributed by atoms with van der Waals surface area (Å²) in [5, 5.41) is 2.50. The van der Waals surface area contributed by atoms with Crippen LogP contribution in [0.15, 0.2) is 121 Å². The van der Waals surface area contributed by atoms with Gasteiger partial charge in [-0.15, -0.1) is 0 Å². The summed E-state index contributed by atoms with van der Waals surface area (Å²) in [5.41, 5.74) is 6.34. The minimum Gasteiger partial charge on any atom is -0.497 e. The van der Waals surface area contributed by atoms with Crippen molar-refractivity contribution in [2.75, 3.05) is 7.11 Å². The van der Waals surface area contributed by atoms with Gasteiger partial charge in [0.1, 0.15) is 18.1 Å². The van der Waals surface area contributed by atoms with Gasteiger partial charge in [0, 0.05) is 16.5 Å². The first kappa shape index (κ1) is 26.6. The van der Waals surface area contributed by atoms with Crippen LogP contribution in [0.5, 0.6) is 11.5 Å². The number of fused-ring (bicyclic) bond motifs is 3. The number of nitrogens with zero attached hydrogens (tertiary/aromatic N) is 1. The summed E-state index contributed by atoms with van der Waals surface area (Å²) < 4.78 is 12.1. The van der Waals surface area contributed by atoms with Gasteiger partial charge in [-0.05, 0) is 65.2 Å². The smallest absolute Gasteiger partial charge is 0.201 e. The Morgan fingerprint density at radius 2 is 1.12 bits per heavy atom. The van der Waals surface area contributed by atoms with Crippen LogP contribution in [0.1, 0.15) is 22.6 Å². The number of methoxy groups -OCH3 is 1. The van der Waals surface area contributed by atoms with E-state index >= 15 is 0 Å². The third-order valence-corrected chi connectivity index (χ3v) is 7.82. The number of ether oxygens (including phenoxy) is 2. The molecular formula is C34H26Cl3NO2. The Labute approximate surface area is 248 Å². The predicted octanol–water partition coefficient (Wildman–Crippen LogP) is 9.87. The zero-order chi connectivity index (χ0) is 27.7. The van der Waals surface area contributed by atoms with Gasteiger partial charge >= 0.3 is 0 Å². The van der Waals surface area contributed by atoms with Crippen molar-refractivity contribution in [2.45, 2.75) is 16.3 Å². The molecule has 6 heteroatoms. The Morgan fingerprint density at radius 1 is 0.625 bits per heavy atom. The van der Waals surface area contributed by atoms with Crippen molar-refractivity contribution >= 4 is 56.6 Å². The van der Waals surface area contributed by atoms with Crippen LogP contribution in [-0.4, -0.2) is 15.5 Å². The number of halogens is 3. The molecule has 0 aliphatic heterocycles. The standard InChI is InChI=1S/C34H26Cl3NO2/c1-39-27-18-12-24(13-19-27)33(34(35,36)37)25-14-20-28(21-15-25)40-22-23-10-16-26(17-11-23)38-31-8-4-2-6-29(31)30-7-3-5-9-32(30)38/h2-21,33H,22H2,1H3. The molecule has 40 heavy (non-hydrogen) atoms. The van der Waals surface area contributed by atoms with Gasteiger partial charge < -0.3 is 14.0 Å². The summed E-state index contributed by atoms with van der Waals surface area (Å²) >= 11 is 19.2. The number of hydrogen-bond acceptors (Lipinski definition) is 2. The fraction of sp³-hybridized carbons (Fsp3) is 0.118. The molecule has 0 amide bonds. The molecular weight excluding hydrogens is 561 g/mol. The first-order chi connectivity index (χ1) is 19.4. The molecule has 1 heterocycles. The average Bonchev–Trinajstić information content (AvgIpc) is 3.31. The maximum Gasteiger partial charge on any atom is 0.201 e. The van der Waals surface area contributed by atoms with Crippen LogP contribution in [0.2, 0.25) is 0 Å². The molecule has 1 unspecified atom stereocenters. The van der Waals surface area contributed by atoms with Crippen molar-refractivity contribution in [3.05, 3.63) is 138 Å². The maximum absolute atomic E-state index is 6.40. The van der Waals surface area contributed by atoms with Crippen molar-refractivity contribution < 1.29 is 9.47 Å². The van der Waals surface area contributed by atoms with E-state index in [0.717, 1.165) is 33.9 Å². The van der Waals surface area contributed by atoms with Gasteiger partial charge in [0.05, 0.1) is 24.1 Å². The van der Waals surface area contributed by atoms with Crippen LogP contribution in [0.3, 0.4) is 0 Å². The number of hydrogen-bond donors (Lipinski definition) is 0. The van der Waals surface area contributed by atoms with E-state index in [1.54, 1.807) is 7.11 Å². The molecule has 200 valence electrons. The van der Waals surface area contributed by atoms with Crippen LogP contribution in [0.25, 0.3) is 27.5 Å². The molecule has 0 aliphatic carbocycles. The highest BCUT2D eigenvalue weighted by molar-refractivity contribution is 6.68. The van der Waals surface area contributed by atoms with E-state index in [4.69, 9.17) is 44.3 Å². The SMILES string of the molecule is COc1ccc(C(c2ccc(OCc3ccc(-n4c5ccccc5c5ccccc54)cc3)cc2)C(Cl)(Cl)Cl)cc1. The molecule has 0 radical (unpaired) electrons. The number of aromatic nitrogens is 1. The van der Waals surface area contributed by atoms with Gasteiger partial charge in [0.15, 0.2) is 0 Å². The molecule has 1 aromatic heterocycles. The fourth-order valence-corrected chi connectivity index (χ4v) is 5.99. The summed E-state index contributed by atoms with van der Waals surface area (Å²) in [4.78, 5) is 0. The molecule has 0 spiro atoms. The van der Waals surface area contributed by atoms with Crippen LogP contribution >= 0.6 is 34.8 Å². The quantitative estimate of drug-likeness (QED) is 0.174. The number of rotatable bonds is 7. The monoisotopic (exact) mass is 585 g/mol. The summed E-state index contributed by atoms with van der Waals surface area (Å²) in [7, 11) is 1.63. The normalized spacial score (nSPS) is 12.5. The lowest BCUT2D eigenvalue weighted by Gasteiger charge is -2.25. The van der Waals surface area contributed by atoms with E-state index in [-0.39, 0.29) is 0 Å². The van der Waals surface area contributed by atoms with Crippen molar-refractivity contribution in [1.29, 1.82) is 0 Å². The zero-order valence-electron chi connectivity index (χ0n) is 21.7. The summed E-state index contributed by atoms with van der Waals surface area (Å²) in [5.74, 6) is 1.05. The van der Waals surface area contributed by atoms with Crippen molar-refractivity contribution in [2.24, 2.45) is 0 Å². The predicted molar refractivity (Wildman–Crippen MR) is 167 cm³/mol. The Balaban J connectivity index is 1.19. The van der Waals surface area contributed by atoms with Gasteiger partial charge in [-0.25, -0.2) is 0 Å². The van der Waals surface area contributed by atoms with Gasteiger partial charge in [0.2, 0.25) is 3.79 Å². The summed E-state index contributed by atoms with van der Waals surface area (Å²) in [6.45, 7) is 0.444. The second-order valence-corrected chi connectivity index (χ2v) is 12.0. The van der Waals surface area contributed by atoms with Gasteiger partial charge in [0.25, 0.3) is 0 Å². The van der Waals surface area contributed by atoms with E-state index < -0.39 is 9.71 Å². The molecule has 0 N–H and O–H groups in total. The number of para-hydroxylation sites is 2. The lowest BCUT2D eigenvalue weighted by atomic mass is 9.92. The average molecular weight is 587 g/mol. The Bertz CT molecular complexity index is 1700. The summed E-state index contributed by atoms with van der Waals surface area (Å²) in [6.07, 6.45) is 0. The lowest BCUT2D eigenvalue weighted by Crippen LogP contribution is -2.18. The minimum absolute atomic E-state index is 0.439. The van der Waals surface area contributed by atoms with E-state index in [1.165, 1.54) is 21.8 Å². The van der Waals surface area contributed by atoms with Gasteiger partial charge in [-0.2, -0.15) is 0 Å². The third kappa shape index (κ3) is 5.25.